The Kier molecular flexibility index (Phi) is 3.65. The molecule has 3 nitrogen and oxygen atoms in total. The molecule has 1 N–H and O–H groups in total. The third-order valence-corrected chi connectivity index (χ3v) is 3.40. The molecule has 3 heteroatoms. The van der Waals surface area contributed by atoms with Gasteiger partial charge in [-0.3, -0.25) is 0 Å². The van der Waals surface area contributed by atoms with Crippen molar-refractivity contribution in [3.8, 4) is 6.07 Å². The number of nitriles is 1. The van der Waals surface area contributed by atoms with Crippen molar-refractivity contribution < 1.29 is 0 Å². The summed E-state index contributed by atoms with van der Waals surface area (Å²) in [6, 6.07) is 11.1. The van der Waals surface area contributed by atoms with E-state index in [0.29, 0.717) is 12.1 Å². The van der Waals surface area contributed by atoms with E-state index in [4.69, 9.17) is 5.26 Å². The molecule has 1 aliphatic rings. The van der Waals surface area contributed by atoms with Crippen LogP contribution in [0.3, 0.4) is 0 Å². The molecule has 0 aliphatic carbocycles. The highest BCUT2D eigenvalue weighted by molar-refractivity contribution is 5.52. The number of hydrogen-bond acceptors (Lipinski definition) is 3. The van der Waals surface area contributed by atoms with Gasteiger partial charge in [0.15, 0.2) is 0 Å². The van der Waals surface area contributed by atoms with Crippen LogP contribution in [0.15, 0.2) is 24.3 Å². The van der Waals surface area contributed by atoms with Crippen molar-refractivity contribution in [3.63, 3.8) is 0 Å². The highest BCUT2D eigenvalue weighted by Crippen LogP contribution is 2.20. The summed E-state index contributed by atoms with van der Waals surface area (Å²) >= 11 is 0. The van der Waals surface area contributed by atoms with Gasteiger partial charge < -0.3 is 10.2 Å². The van der Waals surface area contributed by atoms with Crippen molar-refractivity contribution in [2.75, 3.05) is 18.0 Å². The van der Waals surface area contributed by atoms with E-state index in [0.717, 1.165) is 30.8 Å². The van der Waals surface area contributed by atoms with E-state index in [2.05, 4.69) is 36.2 Å². The molecule has 2 rings (SSSR count). The summed E-state index contributed by atoms with van der Waals surface area (Å²) in [6.07, 6.45) is 1.14. The molecule has 0 radical (unpaired) electrons. The molecule has 0 aromatic heterocycles. The van der Waals surface area contributed by atoms with Crippen LogP contribution in [0.2, 0.25) is 0 Å². The number of nitrogens with one attached hydrogen (secondary N) is 1. The fourth-order valence-corrected chi connectivity index (χ4v) is 2.27. The topological polar surface area (TPSA) is 39.1 Å². The zero-order chi connectivity index (χ0) is 12.3. The molecule has 90 valence electrons. The van der Waals surface area contributed by atoms with Crippen molar-refractivity contribution in [3.05, 3.63) is 29.8 Å². The minimum absolute atomic E-state index is 0.467. The van der Waals surface area contributed by atoms with Gasteiger partial charge in [0, 0.05) is 30.9 Å². The maximum atomic E-state index is 8.94. The summed E-state index contributed by atoms with van der Waals surface area (Å²) in [7, 11) is 0. The van der Waals surface area contributed by atoms with Crippen LogP contribution < -0.4 is 10.2 Å². The number of nitrogens with zero attached hydrogens (tertiary/aromatic N) is 2. The Morgan fingerprint density at radius 1 is 1.41 bits per heavy atom. The van der Waals surface area contributed by atoms with Crippen LogP contribution in [-0.4, -0.2) is 25.2 Å². The zero-order valence-corrected chi connectivity index (χ0v) is 10.5. The first kappa shape index (κ1) is 11.9. The van der Waals surface area contributed by atoms with Crippen LogP contribution in [0, 0.1) is 11.3 Å². The standard InChI is InChI=1S/C14H19N3/c1-11-6-7-17(12(2)10-16-11)14-5-3-4-13(8-14)9-15/h3-5,8,11-12,16H,6-7,10H2,1-2H3. The fourth-order valence-electron chi connectivity index (χ4n) is 2.27. The number of benzene rings is 1. The van der Waals surface area contributed by atoms with Gasteiger partial charge in [-0.25, -0.2) is 0 Å². The smallest absolute Gasteiger partial charge is 0.0992 e. The quantitative estimate of drug-likeness (QED) is 0.802. The van der Waals surface area contributed by atoms with Gasteiger partial charge in [-0.1, -0.05) is 6.07 Å². The van der Waals surface area contributed by atoms with Crippen LogP contribution in [-0.2, 0) is 0 Å². The minimum atomic E-state index is 0.467. The first-order chi connectivity index (χ1) is 8.20. The van der Waals surface area contributed by atoms with Crippen molar-refractivity contribution >= 4 is 5.69 Å². The van der Waals surface area contributed by atoms with E-state index < -0.39 is 0 Å². The van der Waals surface area contributed by atoms with E-state index in [1.807, 2.05) is 18.2 Å². The molecule has 0 saturated carbocycles. The van der Waals surface area contributed by atoms with E-state index in [1.54, 1.807) is 0 Å². The average molecular weight is 229 g/mol. The SMILES string of the molecule is CC1CCN(c2cccc(C#N)c2)C(C)CN1. The lowest BCUT2D eigenvalue weighted by Crippen LogP contribution is -2.37. The zero-order valence-electron chi connectivity index (χ0n) is 10.5. The lowest BCUT2D eigenvalue weighted by atomic mass is 10.1. The van der Waals surface area contributed by atoms with E-state index >= 15 is 0 Å². The molecule has 0 spiro atoms. The Bertz CT molecular complexity index is 422. The van der Waals surface area contributed by atoms with Crippen LogP contribution in [0.25, 0.3) is 0 Å². The Hall–Kier alpha value is -1.53. The molecule has 17 heavy (non-hydrogen) atoms. The van der Waals surface area contributed by atoms with Gasteiger partial charge in [-0.2, -0.15) is 5.26 Å². The van der Waals surface area contributed by atoms with E-state index in [9.17, 15) is 0 Å². The van der Waals surface area contributed by atoms with Crippen molar-refractivity contribution in [2.24, 2.45) is 0 Å². The maximum Gasteiger partial charge on any atom is 0.0992 e. The Balaban J connectivity index is 2.22. The van der Waals surface area contributed by atoms with Gasteiger partial charge >= 0.3 is 0 Å². The molecular weight excluding hydrogens is 210 g/mol. The fraction of sp³-hybridized carbons (Fsp3) is 0.500. The van der Waals surface area contributed by atoms with Gasteiger partial charge in [0.05, 0.1) is 11.6 Å². The van der Waals surface area contributed by atoms with Gasteiger partial charge in [0.2, 0.25) is 0 Å². The average Bonchev–Trinajstić information content (AvgIpc) is 2.52. The second-order valence-electron chi connectivity index (χ2n) is 4.80. The molecule has 1 aromatic carbocycles. The molecule has 0 bridgehead atoms. The normalized spacial score (nSPS) is 25.1. The number of anilines is 1. The minimum Gasteiger partial charge on any atom is -0.367 e. The summed E-state index contributed by atoms with van der Waals surface area (Å²) < 4.78 is 0. The highest BCUT2D eigenvalue weighted by atomic mass is 15.2. The van der Waals surface area contributed by atoms with E-state index in [1.165, 1.54) is 0 Å². The first-order valence-electron chi connectivity index (χ1n) is 6.21. The summed E-state index contributed by atoms with van der Waals surface area (Å²) in [6.45, 7) is 6.49. The van der Waals surface area contributed by atoms with Gasteiger partial charge in [0.25, 0.3) is 0 Å². The Morgan fingerprint density at radius 3 is 3.00 bits per heavy atom. The predicted molar refractivity (Wildman–Crippen MR) is 70.0 cm³/mol. The third-order valence-electron chi connectivity index (χ3n) is 3.40. The number of hydrogen-bond donors (Lipinski definition) is 1. The summed E-state index contributed by atoms with van der Waals surface area (Å²) in [5.74, 6) is 0. The second-order valence-corrected chi connectivity index (χ2v) is 4.80. The molecule has 1 aliphatic heterocycles. The van der Waals surface area contributed by atoms with Crippen LogP contribution >= 0.6 is 0 Å². The molecule has 1 aromatic rings. The second kappa shape index (κ2) is 5.20. The van der Waals surface area contributed by atoms with Crippen molar-refractivity contribution in [2.45, 2.75) is 32.4 Å². The Labute approximate surface area is 103 Å². The van der Waals surface area contributed by atoms with Gasteiger partial charge in [-0.15, -0.1) is 0 Å². The van der Waals surface area contributed by atoms with Crippen LogP contribution in [0.1, 0.15) is 25.8 Å². The monoisotopic (exact) mass is 229 g/mol. The first-order valence-corrected chi connectivity index (χ1v) is 6.21. The largest absolute Gasteiger partial charge is 0.367 e. The van der Waals surface area contributed by atoms with Crippen molar-refractivity contribution in [1.29, 1.82) is 5.26 Å². The molecule has 2 unspecified atom stereocenters. The lowest BCUT2D eigenvalue weighted by Gasteiger charge is -2.29. The van der Waals surface area contributed by atoms with Gasteiger partial charge in [-0.05, 0) is 38.5 Å². The lowest BCUT2D eigenvalue weighted by molar-refractivity contribution is 0.548. The molecule has 0 amide bonds. The summed E-state index contributed by atoms with van der Waals surface area (Å²) in [4.78, 5) is 2.39. The Morgan fingerprint density at radius 2 is 2.24 bits per heavy atom. The molecular formula is C14H19N3. The molecule has 1 fully saturated rings. The highest BCUT2D eigenvalue weighted by Gasteiger charge is 2.19. The van der Waals surface area contributed by atoms with Gasteiger partial charge in [0.1, 0.15) is 0 Å². The van der Waals surface area contributed by atoms with Crippen molar-refractivity contribution in [1.82, 2.24) is 5.32 Å². The summed E-state index contributed by atoms with van der Waals surface area (Å²) in [5, 5.41) is 12.5. The molecule has 1 saturated heterocycles. The number of rotatable bonds is 1. The molecule has 2 atom stereocenters. The predicted octanol–water partition coefficient (Wildman–Crippen LogP) is 2.13. The van der Waals surface area contributed by atoms with E-state index in [-0.39, 0.29) is 0 Å². The summed E-state index contributed by atoms with van der Waals surface area (Å²) in [5.41, 5.74) is 1.90. The van der Waals surface area contributed by atoms with Crippen LogP contribution in [0.5, 0.6) is 0 Å². The molecule has 1 heterocycles. The third kappa shape index (κ3) is 2.78. The van der Waals surface area contributed by atoms with Crippen LogP contribution in [0.4, 0.5) is 5.69 Å². The maximum absolute atomic E-state index is 8.94.